The molecule has 8 nitrogen and oxygen atoms in total. The van der Waals surface area contributed by atoms with Gasteiger partial charge >= 0.3 is 0 Å². The van der Waals surface area contributed by atoms with Crippen LogP contribution in [0.5, 0.6) is 23.0 Å². The molecule has 0 spiro atoms. The number of carbonyl (C=O) groups excluding carboxylic acids is 2. The SMILES string of the molecule is COc1ccc(C(C)NC(=O)C2CCCC(C(=O)NC(C)c3ccc(OC)c(OC)c3)C2)cc1OC. The average molecular weight is 499 g/mol. The molecule has 1 aliphatic rings. The highest BCUT2D eigenvalue weighted by atomic mass is 16.5. The van der Waals surface area contributed by atoms with Gasteiger partial charge in [0.15, 0.2) is 23.0 Å². The van der Waals surface area contributed by atoms with Crippen LogP contribution >= 0.6 is 0 Å². The summed E-state index contributed by atoms with van der Waals surface area (Å²) in [7, 11) is 6.36. The summed E-state index contributed by atoms with van der Waals surface area (Å²) < 4.78 is 21.4. The van der Waals surface area contributed by atoms with Gasteiger partial charge in [-0.15, -0.1) is 0 Å². The van der Waals surface area contributed by atoms with Crippen LogP contribution < -0.4 is 29.6 Å². The second-order valence-electron chi connectivity index (χ2n) is 9.25. The molecular formula is C28H38N2O6. The minimum Gasteiger partial charge on any atom is -0.493 e. The van der Waals surface area contributed by atoms with Crippen LogP contribution in [0.25, 0.3) is 0 Å². The Morgan fingerprint density at radius 1 is 0.694 bits per heavy atom. The van der Waals surface area contributed by atoms with Crippen molar-refractivity contribution in [2.24, 2.45) is 11.8 Å². The molecule has 0 bridgehead atoms. The van der Waals surface area contributed by atoms with Crippen LogP contribution in [0.4, 0.5) is 0 Å². The maximum Gasteiger partial charge on any atom is 0.223 e. The third-order valence-corrected chi connectivity index (χ3v) is 6.95. The maximum absolute atomic E-state index is 13.1. The molecular weight excluding hydrogens is 460 g/mol. The zero-order valence-electron chi connectivity index (χ0n) is 22.1. The first-order chi connectivity index (χ1) is 17.3. The van der Waals surface area contributed by atoms with E-state index >= 15 is 0 Å². The van der Waals surface area contributed by atoms with Crippen molar-refractivity contribution in [3.05, 3.63) is 47.5 Å². The summed E-state index contributed by atoms with van der Waals surface area (Å²) in [5, 5.41) is 6.22. The fourth-order valence-electron chi connectivity index (χ4n) is 4.74. The Hall–Kier alpha value is -3.42. The number of rotatable bonds is 10. The minimum atomic E-state index is -0.200. The van der Waals surface area contributed by atoms with Crippen LogP contribution in [0, 0.1) is 11.8 Å². The molecule has 0 saturated heterocycles. The van der Waals surface area contributed by atoms with Gasteiger partial charge in [0.1, 0.15) is 0 Å². The number of hydrogen-bond acceptors (Lipinski definition) is 6. The summed E-state index contributed by atoms with van der Waals surface area (Å²) in [6, 6.07) is 10.8. The van der Waals surface area contributed by atoms with E-state index in [4.69, 9.17) is 18.9 Å². The second kappa shape index (κ2) is 12.5. The molecule has 2 aromatic rings. The molecule has 4 atom stereocenters. The number of hydrogen-bond donors (Lipinski definition) is 2. The summed E-state index contributed by atoms with van der Waals surface area (Å²) >= 11 is 0. The largest absolute Gasteiger partial charge is 0.493 e. The molecule has 3 rings (SSSR count). The van der Waals surface area contributed by atoms with Crippen LogP contribution in [0.2, 0.25) is 0 Å². The smallest absolute Gasteiger partial charge is 0.223 e. The second-order valence-corrected chi connectivity index (χ2v) is 9.25. The van der Waals surface area contributed by atoms with E-state index in [9.17, 15) is 9.59 Å². The number of amides is 2. The van der Waals surface area contributed by atoms with E-state index in [1.54, 1.807) is 28.4 Å². The Balaban J connectivity index is 1.59. The van der Waals surface area contributed by atoms with Crippen molar-refractivity contribution >= 4 is 11.8 Å². The summed E-state index contributed by atoms with van der Waals surface area (Å²) in [4.78, 5) is 26.2. The lowest BCUT2D eigenvalue weighted by Crippen LogP contribution is -2.40. The first-order valence-electron chi connectivity index (χ1n) is 12.4. The highest BCUT2D eigenvalue weighted by molar-refractivity contribution is 5.83. The minimum absolute atomic E-state index is 0.0253. The predicted octanol–water partition coefficient (Wildman–Crippen LogP) is 4.58. The molecule has 4 unspecified atom stereocenters. The van der Waals surface area contributed by atoms with Crippen LogP contribution in [0.3, 0.4) is 0 Å². The maximum atomic E-state index is 13.1. The molecule has 2 N–H and O–H groups in total. The zero-order chi connectivity index (χ0) is 26.2. The van der Waals surface area contributed by atoms with Crippen molar-refractivity contribution in [1.82, 2.24) is 10.6 Å². The Morgan fingerprint density at radius 2 is 1.08 bits per heavy atom. The standard InChI is InChI=1S/C28H38N2O6/c1-17(19-10-12-23(33-3)25(15-19)35-5)29-27(31)21-8-7-9-22(14-21)28(32)30-18(2)20-11-13-24(34-4)26(16-20)36-6/h10-13,15-18,21-22H,7-9,14H2,1-6H3,(H,29,31)(H,30,32). The quantitative estimate of drug-likeness (QED) is 0.498. The number of ether oxygens (including phenoxy) is 4. The van der Waals surface area contributed by atoms with E-state index in [2.05, 4.69) is 10.6 Å². The van der Waals surface area contributed by atoms with Gasteiger partial charge in [-0.2, -0.15) is 0 Å². The number of methoxy groups -OCH3 is 4. The lowest BCUT2D eigenvalue weighted by Gasteiger charge is -2.29. The van der Waals surface area contributed by atoms with Crippen LogP contribution in [-0.2, 0) is 9.59 Å². The van der Waals surface area contributed by atoms with E-state index in [1.807, 2.05) is 50.2 Å². The first-order valence-corrected chi connectivity index (χ1v) is 12.4. The first kappa shape index (κ1) is 27.2. The number of benzene rings is 2. The van der Waals surface area contributed by atoms with E-state index in [1.165, 1.54) is 0 Å². The lowest BCUT2D eigenvalue weighted by molar-refractivity contribution is -0.130. The summed E-state index contributed by atoms with van der Waals surface area (Å²) in [5.41, 5.74) is 1.85. The zero-order valence-corrected chi connectivity index (χ0v) is 22.1. The third-order valence-electron chi connectivity index (χ3n) is 6.95. The van der Waals surface area contributed by atoms with Gasteiger partial charge in [-0.05, 0) is 68.5 Å². The van der Waals surface area contributed by atoms with Crippen LogP contribution in [0.15, 0.2) is 36.4 Å². The Bertz CT molecular complexity index is 975. The van der Waals surface area contributed by atoms with Gasteiger partial charge in [0, 0.05) is 11.8 Å². The van der Waals surface area contributed by atoms with Gasteiger partial charge in [-0.1, -0.05) is 18.6 Å². The fraction of sp³-hybridized carbons (Fsp3) is 0.500. The molecule has 0 aromatic heterocycles. The molecule has 1 fully saturated rings. The highest BCUT2D eigenvalue weighted by Gasteiger charge is 2.32. The molecule has 0 radical (unpaired) electrons. The third kappa shape index (κ3) is 6.42. The molecule has 0 heterocycles. The molecule has 1 saturated carbocycles. The number of carbonyl (C=O) groups is 2. The molecule has 0 aliphatic heterocycles. The topological polar surface area (TPSA) is 95.1 Å². The predicted molar refractivity (Wildman–Crippen MR) is 138 cm³/mol. The summed E-state index contributed by atoms with van der Waals surface area (Å²) in [5.74, 6) is 2.07. The Morgan fingerprint density at radius 3 is 1.44 bits per heavy atom. The van der Waals surface area contributed by atoms with Crippen molar-refractivity contribution in [2.75, 3.05) is 28.4 Å². The molecule has 196 valence electrons. The van der Waals surface area contributed by atoms with Gasteiger partial charge in [0.2, 0.25) is 11.8 Å². The van der Waals surface area contributed by atoms with Crippen molar-refractivity contribution in [3.8, 4) is 23.0 Å². The molecule has 1 aliphatic carbocycles. The van der Waals surface area contributed by atoms with Gasteiger partial charge in [0.05, 0.1) is 40.5 Å². The van der Waals surface area contributed by atoms with E-state index in [-0.39, 0.29) is 35.7 Å². The van der Waals surface area contributed by atoms with Crippen molar-refractivity contribution in [2.45, 2.75) is 51.6 Å². The molecule has 36 heavy (non-hydrogen) atoms. The lowest BCUT2D eigenvalue weighted by atomic mass is 9.80. The Labute approximate surface area is 213 Å². The van der Waals surface area contributed by atoms with Crippen molar-refractivity contribution in [3.63, 3.8) is 0 Å². The fourth-order valence-corrected chi connectivity index (χ4v) is 4.74. The Kier molecular flexibility index (Phi) is 9.44. The number of nitrogens with one attached hydrogen (secondary N) is 2. The average Bonchev–Trinajstić information content (AvgIpc) is 2.91. The van der Waals surface area contributed by atoms with E-state index < -0.39 is 0 Å². The van der Waals surface area contributed by atoms with Crippen LogP contribution in [0.1, 0.15) is 62.7 Å². The van der Waals surface area contributed by atoms with Gasteiger partial charge < -0.3 is 29.6 Å². The molecule has 2 amide bonds. The van der Waals surface area contributed by atoms with Gasteiger partial charge in [-0.3, -0.25) is 9.59 Å². The molecule has 8 heteroatoms. The monoisotopic (exact) mass is 498 g/mol. The van der Waals surface area contributed by atoms with Crippen molar-refractivity contribution < 1.29 is 28.5 Å². The highest BCUT2D eigenvalue weighted by Crippen LogP contribution is 2.33. The van der Waals surface area contributed by atoms with E-state index in [0.717, 1.165) is 30.4 Å². The van der Waals surface area contributed by atoms with Gasteiger partial charge in [0.25, 0.3) is 0 Å². The summed E-state index contributed by atoms with van der Waals surface area (Å²) in [6.07, 6.45) is 2.93. The normalized spacial score (nSPS) is 18.9. The molecule has 2 aromatic carbocycles. The van der Waals surface area contributed by atoms with Gasteiger partial charge in [-0.25, -0.2) is 0 Å². The van der Waals surface area contributed by atoms with Crippen molar-refractivity contribution in [1.29, 1.82) is 0 Å². The van der Waals surface area contributed by atoms with E-state index in [0.29, 0.717) is 29.4 Å². The summed E-state index contributed by atoms with van der Waals surface area (Å²) in [6.45, 7) is 3.88. The van der Waals surface area contributed by atoms with Crippen LogP contribution in [-0.4, -0.2) is 40.3 Å².